The van der Waals surface area contributed by atoms with Crippen LogP contribution in [0.1, 0.15) is 10.4 Å². The average molecular weight is 296 g/mol. The maximum Gasteiger partial charge on any atom is 0.335 e. The molecule has 0 spiro atoms. The minimum Gasteiger partial charge on any atom is -0.478 e. The number of nitro groups is 1. The third-order valence-corrected chi connectivity index (χ3v) is 2.85. The Bertz CT molecular complexity index is 685. The van der Waals surface area contributed by atoms with E-state index in [2.05, 4.69) is 0 Å². The highest BCUT2D eigenvalue weighted by atomic mass is 35.5. The van der Waals surface area contributed by atoms with E-state index >= 15 is 0 Å². The molecule has 0 unspecified atom stereocenters. The van der Waals surface area contributed by atoms with Gasteiger partial charge in [-0.1, -0.05) is 11.6 Å². The molecule has 2 aromatic rings. The van der Waals surface area contributed by atoms with Crippen LogP contribution < -0.4 is 0 Å². The molecule has 7 heteroatoms. The lowest BCUT2D eigenvalue weighted by Crippen LogP contribution is -1.99. The maximum absolute atomic E-state index is 13.8. The van der Waals surface area contributed by atoms with Gasteiger partial charge in [-0.2, -0.15) is 0 Å². The molecule has 0 fully saturated rings. The standard InChI is InChI=1S/C13H7ClFNO4/c14-9-1-2-11(12(15)6-9)7-3-8(13(17)18)5-10(4-7)16(19)20/h1-6H,(H,17,18). The van der Waals surface area contributed by atoms with Crippen LogP contribution in [0, 0.1) is 15.9 Å². The van der Waals surface area contributed by atoms with Crippen LogP contribution in [-0.4, -0.2) is 16.0 Å². The van der Waals surface area contributed by atoms with Crippen molar-refractivity contribution in [3.63, 3.8) is 0 Å². The normalized spacial score (nSPS) is 10.3. The van der Waals surface area contributed by atoms with Gasteiger partial charge in [0.25, 0.3) is 5.69 Å². The van der Waals surface area contributed by atoms with Crippen LogP contribution in [0.25, 0.3) is 11.1 Å². The fourth-order valence-corrected chi connectivity index (χ4v) is 1.88. The van der Waals surface area contributed by atoms with Crippen LogP contribution in [0.15, 0.2) is 36.4 Å². The highest BCUT2D eigenvalue weighted by Crippen LogP contribution is 2.29. The summed E-state index contributed by atoms with van der Waals surface area (Å²) in [7, 11) is 0. The molecular formula is C13H7ClFNO4. The highest BCUT2D eigenvalue weighted by molar-refractivity contribution is 6.30. The number of non-ortho nitro benzene ring substituents is 1. The molecule has 0 heterocycles. The molecule has 2 rings (SSSR count). The molecule has 0 atom stereocenters. The van der Waals surface area contributed by atoms with E-state index in [4.69, 9.17) is 16.7 Å². The van der Waals surface area contributed by atoms with Crippen molar-refractivity contribution in [1.29, 1.82) is 0 Å². The van der Waals surface area contributed by atoms with Crippen LogP contribution in [-0.2, 0) is 0 Å². The average Bonchev–Trinajstić information content (AvgIpc) is 2.38. The van der Waals surface area contributed by atoms with Gasteiger partial charge in [-0.05, 0) is 29.8 Å². The molecule has 20 heavy (non-hydrogen) atoms. The van der Waals surface area contributed by atoms with Crippen molar-refractivity contribution in [2.24, 2.45) is 0 Å². The van der Waals surface area contributed by atoms with Gasteiger partial charge < -0.3 is 5.11 Å². The van der Waals surface area contributed by atoms with E-state index in [0.717, 1.165) is 18.2 Å². The molecule has 0 amide bonds. The first kappa shape index (κ1) is 14.0. The number of carboxylic acid groups (broad SMARTS) is 1. The van der Waals surface area contributed by atoms with Crippen molar-refractivity contribution in [2.45, 2.75) is 0 Å². The van der Waals surface area contributed by atoms with Gasteiger partial charge in [-0.3, -0.25) is 10.1 Å². The Kier molecular flexibility index (Phi) is 3.67. The summed E-state index contributed by atoms with van der Waals surface area (Å²) in [5.74, 6) is -2.02. The second-order valence-corrected chi connectivity index (χ2v) is 4.39. The van der Waals surface area contributed by atoms with E-state index in [1.54, 1.807) is 0 Å². The van der Waals surface area contributed by atoms with Gasteiger partial charge in [0.15, 0.2) is 0 Å². The van der Waals surface area contributed by atoms with E-state index in [1.165, 1.54) is 18.2 Å². The Labute approximate surface area is 117 Å². The van der Waals surface area contributed by atoms with Crippen molar-refractivity contribution in [2.75, 3.05) is 0 Å². The molecule has 5 nitrogen and oxygen atoms in total. The lowest BCUT2D eigenvalue weighted by Gasteiger charge is -2.05. The topological polar surface area (TPSA) is 80.4 Å². The summed E-state index contributed by atoms with van der Waals surface area (Å²) < 4.78 is 13.8. The Balaban J connectivity index is 2.66. The number of hydrogen-bond donors (Lipinski definition) is 1. The van der Waals surface area contributed by atoms with Crippen LogP contribution in [0.3, 0.4) is 0 Å². The van der Waals surface area contributed by atoms with Gasteiger partial charge in [0.1, 0.15) is 5.82 Å². The third kappa shape index (κ3) is 2.75. The molecule has 0 saturated heterocycles. The van der Waals surface area contributed by atoms with Gasteiger partial charge in [0.05, 0.1) is 10.5 Å². The van der Waals surface area contributed by atoms with Crippen molar-refractivity contribution < 1.29 is 19.2 Å². The summed E-state index contributed by atoms with van der Waals surface area (Å²) in [5, 5.41) is 19.9. The zero-order valence-electron chi connectivity index (χ0n) is 9.84. The van der Waals surface area contributed by atoms with Crippen molar-refractivity contribution in [3.05, 3.63) is 62.9 Å². The third-order valence-electron chi connectivity index (χ3n) is 2.62. The summed E-state index contributed by atoms with van der Waals surface area (Å²) in [4.78, 5) is 21.0. The summed E-state index contributed by atoms with van der Waals surface area (Å²) in [5.41, 5.74) is -0.566. The molecule has 2 aromatic carbocycles. The monoisotopic (exact) mass is 295 g/mol. The number of rotatable bonds is 3. The fourth-order valence-electron chi connectivity index (χ4n) is 1.72. The minimum absolute atomic E-state index is 0.0422. The van der Waals surface area contributed by atoms with E-state index in [-0.39, 0.29) is 21.7 Å². The van der Waals surface area contributed by atoms with E-state index in [1.807, 2.05) is 0 Å². The summed E-state index contributed by atoms with van der Waals surface area (Å²) >= 11 is 5.63. The predicted octanol–water partition coefficient (Wildman–Crippen LogP) is 3.75. The predicted molar refractivity (Wildman–Crippen MR) is 70.5 cm³/mol. The zero-order chi connectivity index (χ0) is 14.9. The molecule has 0 bridgehead atoms. The van der Waals surface area contributed by atoms with Gasteiger partial charge in [-0.25, -0.2) is 9.18 Å². The van der Waals surface area contributed by atoms with E-state index < -0.39 is 22.4 Å². The van der Waals surface area contributed by atoms with Crippen molar-refractivity contribution >= 4 is 23.3 Å². The molecule has 0 aliphatic rings. The Hall–Kier alpha value is -2.47. The lowest BCUT2D eigenvalue weighted by atomic mass is 10.0. The van der Waals surface area contributed by atoms with Crippen LogP contribution in [0.2, 0.25) is 5.02 Å². The number of carboxylic acids is 1. The SMILES string of the molecule is O=C(O)c1cc(-c2ccc(Cl)cc2F)cc([N+](=O)[O-])c1. The van der Waals surface area contributed by atoms with Crippen LogP contribution in [0.5, 0.6) is 0 Å². The first-order chi connectivity index (χ1) is 9.38. The zero-order valence-corrected chi connectivity index (χ0v) is 10.6. The largest absolute Gasteiger partial charge is 0.478 e. The second kappa shape index (κ2) is 5.26. The number of halogens is 2. The quantitative estimate of drug-likeness (QED) is 0.690. The Morgan fingerprint density at radius 1 is 1.25 bits per heavy atom. The summed E-state index contributed by atoms with van der Waals surface area (Å²) in [6.45, 7) is 0. The summed E-state index contributed by atoms with van der Waals surface area (Å²) in [6.07, 6.45) is 0. The Morgan fingerprint density at radius 2 is 1.95 bits per heavy atom. The van der Waals surface area contributed by atoms with Crippen LogP contribution >= 0.6 is 11.6 Å². The number of benzene rings is 2. The molecule has 0 aliphatic carbocycles. The smallest absolute Gasteiger partial charge is 0.335 e. The first-order valence-corrected chi connectivity index (χ1v) is 5.74. The lowest BCUT2D eigenvalue weighted by molar-refractivity contribution is -0.384. The number of aromatic carboxylic acids is 1. The minimum atomic E-state index is -1.33. The van der Waals surface area contributed by atoms with Gasteiger partial charge >= 0.3 is 5.97 Å². The van der Waals surface area contributed by atoms with Gasteiger partial charge in [0.2, 0.25) is 0 Å². The number of nitrogens with zero attached hydrogens (tertiary/aromatic N) is 1. The van der Waals surface area contributed by atoms with Crippen LogP contribution in [0.4, 0.5) is 10.1 Å². The van der Waals surface area contributed by atoms with Gasteiger partial charge in [-0.15, -0.1) is 0 Å². The van der Waals surface area contributed by atoms with E-state index in [0.29, 0.717) is 0 Å². The maximum atomic E-state index is 13.8. The molecule has 102 valence electrons. The number of nitro benzene ring substituents is 1. The summed E-state index contributed by atoms with van der Waals surface area (Å²) in [6, 6.07) is 7.00. The first-order valence-electron chi connectivity index (χ1n) is 5.36. The number of carbonyl (C=O) groups is 1. The molecule has 0 radical (unpaired) electrons. The molecule has 0 aliphatic heterocycles. The molecule has 0 saturated carbocycles. The Morgan fingerprint density at radius 3 is 2.50 bits per heavy atom. The molecular weight excluding hydrogens is 289 g/mol. The second-order valence-electron chi connectivity index (χ2n) is 3.95. The van der Waals surface area contributed by atoms with Crippen molar-refractivity contribution in [1.82, 2.24) is 0 Å². The molecule has 1 N–H and O–H groups in total. The number of hydrogen-bond acceptors (Lipinski definition) is 3. The van der Waals surface area contributed by atoms with E-state index in [9.17, 15) is 19.3 Å². The van der Waals surface area contributed by atoms with Crippen molar-refractivity contribution in [3.8, 4) is 11.1 Å². The highest BCUT2D eigenvalue weighted by Gasteiger charge is 2.16. The van der Waals surface area contributed by atoms with Gasteiger partial charge in [0, 0.05) is 22.7 Å². The molecule has 0 aromatic heterocycles. The fraction of sp³-hybridized carbons (Fsp3) is 0.